The van der Waals surface area contributed by atoms with Crippen molar-refractivity contribution in [2.75, 3.05) is 0 Å². The molecule has 10 heteroatoms. The van der Waals surface area contributed by atoms with Crippen molar-refractivity contribution in [3.8, 4) is 5.69 Å². The molecule has 5 heterocycles. The molecule has 1 N–H and O–H groups in total. The summed E-state index contributed by atoms with van der Waals surface area (Å²) in [5, 5.41) is 11.4. The predicted octanol–water partition coefficient (Wildman–Crippen LogP) is 4.80. The van der Waals surface area contributed by atoms with Gasteiger partial charge in [0.15, 0.2) is 0 Å². The van der Waals surface area contributed by atoms with Crippen LogP contribution in [0.15, 0.2) is 72.9 Å². The van der Waals surface area contributed by atoms with Gasteiger partial charge in [-0.2, -0.15) is 5.10 Å². The van der Waals surface area contributed by atoms with Gasteiger partial charge in [0.1, 0.15) is 5.01 Å². The number of pyridine rings is 1. The Balaban J connectivity index is 1.21. The van der Waals surface area contributed by atoms with E-state index in [0.29, 0.717) is 11.3 Å². The highest BCUT2D eigenvalue weighted by Gasteiger charge is 2.49. The highest BCUT2D eigenvalue weighted by atomic mass is 32.1. The zero-order valence-corrected chi connectivity index (χ0v) is 21.7. The first-order chi connectivity index (χ1) is 18.5. The number of aryl methyl sites for hydroxylation is 1. The highest BCUT2D eigenvalue weighted by molar-refractivity contribution is 7.09. The van der Waals surface area contributed by atoms with Crippen LogP contribution in [0.4, 0.5) is 0 Å². The molecule has 0 aliphatic heterocycles. The van der Waals surface area contributed by atoms with E-state index in [9.17, 15) is 4.79 Å². The maximum absolute atomic E-state index is 12.9. The number of benzene rings is 1. The maximum Gasteiger partial charge on any atom is 0.255 e. The van der Waals surface area contributed by atoms with Crippen molar-refractivity contribution in [3.63, 3.8) is 0 Å². The number of amides is 1. The molecule has 0 saturated heterocycles. The minimum Gasteiger partial charge on any atom is -0.343 e. The SMILES string of the molecule is Cc1csc(C(C)NC(=O)c2cnn(-c3cnc4ncc(C5(c6cccc7cccnc67)CC5)n4c3)c2)n1. The highest BCUT2D eigenvalue weighted by Crippen LogP contribution is 2.54. The standard InChI is InChI=1S/C28H24N8OS/c1-17-16-38-26(33-17)18(2)34-25(37)20-11-32-36(14-20)21-12-30-27-31-13-23(35(27)15-21)28(8-9-28)22-7-3-5-19-6-4-10-29-24(19)22/h3-7,10-16,18H,8-9H2,1-2H3,(H,34,37). The molecule has 1 atom stereocenters. The van der Waals surface area contributed by atoms with Crippen LogP contribution >= 0.6 is 11.3 Å². The van der Waals surface area contributed by atoms with Crippen LogP contribution in [0.3, 0.4) is 0 Å². The maximum atomic E-state index is 12.9. The molecule has 6 aromatic rings. The number of para-hydroxylation sites is 1. The van der Waals surface area contributed by atoms with Crippen molar-refractivity contribution in [2.24, 2.45) is 0 Å². The summed E-state index contributed by atoms with van der Waals surface area (Å²) in [6.07, 6.45) is 12.8. The number of fused-ring (bicyclic) bond motifs is 2. The van der Waals surface area contributed by atoms with E-state index in [-0.39, 0.29) is 17.4 Å². The van der Waals surface area contributed by atoms with Crippen molar-refractivity contribution in [3.05, 3.63) is 100 Å². The largest absolute Gasteiger partial charge is 0.343 e. The molecular formula is C28H24N8OS. The third-order valence-corrected chi connectivity index (χ3v) is 8.35. The van der Waals surface area contributed by atoms with Gasteiger partial charge in [0, 0.05) is 40.5 Å². The number of carbonyl (C=O) groups excluding carboxylic acids is 1. The molecule has 0 spiro atoms. The van der Waals surface area contributed by atoms with Crippen LogP contribution in [-0.4, -0.2) is 40.0 Å². The van der Waals surface area contributed by atoms with E-state index in [1.807, 2.05) is 48.3 Å². The van der Waals surface area contributed by atoms with Gasteiger partial charge in [0.2, 0.25) is 5.78 Å². The van der Waals surface area contributed by atoms with Gasteiger partial charge in [-0.25, -0.2) is 19.6 Å². The van der Waals surface area contributed by atoms with Gasteiger partial charge in [0.25, 0.3) is 5.91 Å². The average molecular weight is 521 g/mol. The van der Waals surface area contributed by atoms with E-state index in [1.165, 1.54) is 16.9 Å². The zero-order chi connectivity index (χ0) is 25.9. The second-order valence-corrected chi connectivity index (χ2v) is 10.7. The lowest BCUT2D eigenvalue weighted by atomic mass is 9.90. The number of hydrogen-bond donors (Lipinski definition) is 1. The Morgan fingerprint density at radius 3 is 2.74 bits per heavy atom. The molecule has 9 nitrogen and oxygen atoms in total. The lowest BCUT2D eigenvalue weighted by Crippen LogP contribution is -2.26. The van der Waals surface area contributed by atoms with E-state index < -0.39 is 0 Å². The Hall–Kier alpha value is -4.44. The molecule has 5 aromatic heterocycles. The van der Waals surface area contributed by atoms with Crippen molar-refractivity contribution in [2.45, 2.75) is 38.1 Å². The number of hydrogen-bond acceptors (Lipinski definition) is 7. The van der Waals surface area contributed by atoms with Crippen LogP contribution in [0, 0.1) is 6.92 Å². The Morgan fingerprint density at radius 1 is 1.08 bits per heavy atom. The van der Waals surface area contributed by atoms with E-state index >= 15 is 0 Å². The van der Waals surface area contributed by atoms with Gasteiger partial charge in [-0.15, -0.1) is 11.3 Å². The third-order valence-electron chi connectivity index (χ3n) is 7.20. The normalized spacial score (nSPS) is 15.1. The van der Waals surface area contributed by atoms with Crippen molar-refractivity contribution in [1.82, 2.24) is 39.4 Å². The van der Waals surface area contributed by atoms with Gasteiger partial charge in [0.05, 0.1) is 47.1 Å². The molecule has 0 radical (unpaired) electrons. The summed E-state index contributed by atoms with van der Waals surface area (Å²) in [7, 11) is 0. The van der Waals surface area contributed by atoms with Crippen molar-refractivity contribution < 1.29 is 4.79 Å². The first kappa shape index (κ1) is 22.7. The summed E-state index contributed by atoms with van der Waals surface area (Å²) < 4.78 is 3.71. The monoisotopic (exact) mass is 520 g/mol. The number of imidazole rings is 1. The molecule has 188 valence electrons. The molecule has 1 amide bonds. The van der Waals surface area contributed by atoms with Crippen LogP contribution in [0.5, 0.6) is 0 Å². The summed E-state index contributed by atoms with van der Waals surface area (Å²) >= 11 is 1.54. The summed E-state index contributed by atoms with van der Waals surface area (Å²) in [5.74, 6) is 0.426. The van der Waals surface area contributed by atoms with Gasteiger partial charge in [-0.3, -0.25) is 14.2 Å². The minimum absolute atomic E-state index is 0.160. The van der Waals surface area contributed by atoms with Crippen molar-refractivity contribution in [1.29, 1.82) is 0 Å². The lowest BCUT2D eigenvalue weighted by Gasteiger charge is -2.17. The first-order valence-corrected chi connectivity index (χ1v) is 13.4. The summed E-state index contributed by atoms with van der Waals surface area (Å²) in [4.78, 5) is 31.2. The lowest BCUT2D eigenvalue weighted by molar-refractivity contribution is 0.0940. The molecule has 7 rings (SSSR count). The summed E-state index contributed by atoms with van der Waals surface area (Å²) in [5.41, 5.74) is 5.32. The molecule has 1 aliphatic carbocycles. The summed E-state index contributed by atoms with van der Waals surface area (Å²) in [6.45, 7) is 3.87. The molecule has 1 aliphatic rings. The van der Waals surface area contributed by atoms with Crippen LogP contribution in [-0.2, 0) is 5.41 Å². The van der Waals surface area contributed by atoms with Crippen LogP contribution in [0.1, 0.15) is 58.1 Å². The van der Waals surface area contributed by atoms with Crippen LogP contribution in [0.2, 0.25) is 0 Å². The fourth-order valence-electron chi connectivity index (χ4n) is 5.11. The smallest absolute Gasteiger partial charge is 0.255 e. The quantitative estimate of drug-likeness (QED) is 0.338. The zero-order valence-electron chi connectivity index (χ0n) is 20.9. The average Bonchev–Trinajstić information content (AvgIpc) is 3.28. The number of rotatable bonds is 6. The number of thiazole rings is 1. The Kier molecular flexibility index (Phi) is 5.12. The van der Waals surface area contributed by atoms with Gasteiger partial charge in [-0.1, -0.05) is 24.3 Å². The second kappa shape index (κ2) is 8.56. The van der Waals surface area contributed by atoms with E-state index in [4.69, 9.17) is 4.98 Å². The molecule has 1 aromatic carbocycles. The Bertz CT molecular complexity index is 1820. The van der Waals surface area contributed by atoms with Gasteiger partial charge >= 0.3 is 0 Å². The fraction of sp³-hybridized carbons (Fsp3) is 0.214. The van der Waals surface area contributed by atoms with E-state index in [2.05, 4.69) is 49.6 Å². The van der Waals surface area contributed by atoms with Crippen molar-refractivity contribution >= 4 is 33.9 Å². The Labute approximate surface area is 222 Å². The first-order valence-electron chi connectivity index (χ1n) is 12.5. The number of nitrogens with one attached hydrogen (secondary N) is 1. The summed E-state index contributed by atoms with van der Waals surface area (Å²) in [6, 6.07) is 10.2. The number of aromatic nitrogens is 7. The van der Waals surface area contributed by atoms with E-state index in [1.54, 1.807) is 23.3 Å². The second-order valence-electron chi connectivity index (χ2n) is 9.78. The molecule has 1 fully saturated rings. The Morgan fingerprint density at radius 2 is 1.92 bits per heavy atom. The molecule has 0 bridgehead atoms. The number of carbonyl (C=O) groups is 1. The third kappa shape index (κ3) is 3.67. The molecule has 1 unspecified atom stereocenters. The number of nitrogens with zero attached hydrogens (tertiary/aromatic N) is 7. The van der Waals surface area contributed by atoms with E-state index in [0.717, 1.165) is 45.8 Å². The molecule has 1 saturated carbocycles. The fourth-order valence-corrected chi connectivity index (χ4v) is 5.91. The van der Waals surface area contributed by atoms with Crippen LogP contribution < -0.4 is 5.32 Å². The van der Waals surface area contributed by atoms with Gasteiger partial charge < -0.3 is 5.32 Å². The minimum atomic E-state index is -0.200. The van der Waals surface area contributed by atoms with Gasteiger partial charge in [-0.05, 0) is 38.3 Å². The van der Waals surface area contributed by atoms with Crippen LogP contribution in [0.25, 0.3) is 22.4 Å². The topological polar surface area (TPSA) is 103 Å². The predicted molar refractivity (Wildman–Crippen MR) is 145 cm³/mol. The molecular weight excluding hydrogens is 496 g/mol. The molecule has 38 heavy (non-hydrogen) atoms.